The fourth-order valence-electron chi connectivity index (χ4n) is 1.04. The molecule has 0 atom stereocenters. The van der Waals surface area contributed by atoms with Crippen LogP contribution in [0.2, 0.25) is 0 Å². The molecule has 0 N–H and O–H groups in total. The first-order valence-corrected chi connectivity index (χ1v) is 4.91. The van der Waals surface area contributed by atoms with Crippen molar-refractivity contribution in [2.75, 3.05) is 0 Å². The van der Waals surface area contributed by atoms with E-state index >= 15 is 0 Å². The molecule has 0 unspecified atom stereocenters. The van der Waals surface area contributed by atoms with Crippen LogP contribution in [-0.4, -0.2) is 9.38 Å². The molecule has 3 heteroatoms. The summed E-state index contributed by atoms with van der Waals surface area (Å²) in [5.74, 6) is 0.545. The van der Waals surface area contributed by atoms with Gasteiger partial charge in [-0.05, 0) is 17.7 Å². The number of aromatic nitrogens is 2. The van der Waals surface area contributed by atoms with Gasteiger partial charge in [0.25, 0.3) is 0 Å². The maximum atomic E-state index is 5.66. The minimum absolute atomic E-state index is 0.545. The third-order valence-electron chi connectivity index (χ3n) is 1.62. The number of pyridine rings is 1. The van der Waals surface area contributed by atoms with E-state index in [2.05, 4.69) is 4.98 Å². The van der Waals surface area contributed by atoms with Crippen molar-refractivity contribution in [1.82, 2.24) is 9.38 Å². The number of halogens is 1. The maximum absolute atomic E-state index is 5.66. The average molecular weight is 197 g/mol. The number of imidazole rings is 1. The summed E-state index contributed by atoms with van der Waals surface area (Å²) in [6, 6.07) is 3.97. The zero-order chi connectivity index (χ0) is 9.68. The van der Waals surface area contributed by atoms with Crippen LogP contribution in [0.4, 0.5) is 0 Å². The van der Waals surface area contributed by atoms with Crippen molar-refractivity contribution in [3.8, 4) is 0 Å². The number of nitrogens with zero attached hydrogens (tertiary/aromatic N) is 2. The third kappa shape index (κ3) is 2.22. The van der Waals surface area contributed by atoms with Gasteiger partial charge in [-0.25, -0.2) is 4.98 Å². The molecule has 2 heterocycles. The second-order valence-corrected chi connectivity index (χ2v) is 2.63. The Labute approximate surface area is 83.2 Å². The van der Waals surface area contributed by atoms with E-state index < -0.39 is 0 Å². The molecule has 2 rings (SSSR count). The molecular weight excluding hydrogens is 184 g/mol. The minimum atomic E-state index is 0.545. The average Bonchev–Trinajstić information content (AvgIpc) is 2.67. The Bertz CT molecular complexity index is 368. The van der Waals surface area contributed by atoms with Crippen molar-refractivity contribution in [2.24, 2.45) is 0 Å². The molecule has 2 aromatic rings. The highest BCUT2D eigenvalue weighted by molar-refractivity contribution is 6.17. The topological polar surface area (TPSA) is 17.3 Å². The molecule has 0 aromatic carbocycles. The van der Waals surface area contributed by atoms with E-state index in [0.29, 0.717) is 5.88 Å². The van der Waals surface area contributed by atoms with Crippen LogP contribution in [0.25, 0.3) is 5.65 Å². The van der Waals surface area contributed by atoms with Gasteiger partial charge in [-0.2, -0.15) is 0 Å². The second kappa shape index (κ2) is 4.87. The molecule has 0 aliphatic rings. The summed E-state index contributed by atoms with van der Waals surface area (Å²) in [4.78, 5) is 4.13. The Balaban J connectivity index is 0.000000396. The molecule has 0 saturated carbocycles. The third-order valence-corrected chi connectivity index (χ3v) is 1.93. The van der Waals surface area contributed by atoms with Crippen molar-refractivity contribution < 1.29 is 0 Å². The van der Waals surface area contributed by atoms with Gasteiger partial charge in [-0.3, -0.25) is 0 Å². The molecule has 0 radical (unpaired) electrons. The molecule has 13 heavy (non-hydrogen) atoms. The van der Waals surface area contributed by atoms with Crippen molar-refractivity contribution in [1.29, 1.82) is 0 Å². The van der Waals surface area contributed by atoms with E-state index in [1.807, 2.05) is 42.8 Å². The standard InChI is InChI=1S/C8H7ClN2.C2H6/c9-6-7-1-3-11-4-2-10-8(11)5-7;1-2/h1-5H,6H2;1-2H3. The van der Waals surface area contributed by atoms with Crippen LogP contribution < -0.4 is 0 Å². The maximum Gasteiger partial charge on any atom is 0.136 e. The van der Waals surface area contributed by atoms with Crippen LogP contribution in [0, 0.1) is 0 Å². The van der Waals surface area contributed by atoms with Gasteiger partial charge in [0.2, 0.25) is 0 Å². The highest BCUT2D eigenvalue weighted by Gasteiger charge is 1.93. The number of alkyl halides is 1. The molecule has 70 valence electrons. The fraction of sp³-hybridized carbons (Fsp3) is 0.300. The molecule has 0 aliphatic heterocycles. The lowest BCUT2D eigenvalue weighted by Crippen LogP contribution is -1.84. The van der Waals surface area contributed by atoms with Crippen LogP contribution >= 0.6 is 11.6 Å². The highest BCUT2D eigenvalue weighted by Crippen LogP contribution is 2.07. The summed E-state index contributed by atoms with van der Waals surface area (Å²) in [5.41, 5.74) is 2.05. The molecule has 0 fully saturated rings. The van der Waals surface area contributed by atoms with Gasteiger partial charge in [-0.15, -0.1) is 11.6 Å². The van der Waals surface area contributed by atoms with E-state index in [-0.39, 0.29) is 0 Å². The number of hydrogen-bond acceptors (Lipinski definition) is 1. The zero-order valence-corrected chi connectivity index (χ0v) is 8.62. The number of rotatable bonds is 1. The Morgan fingerprint density at radius 3 is 2.85 bits per heavy atom. The fourth-order valence-corrected chi connectivity index (χ4v) is 1.20. The van der Waals surface area contributed by atoms with E-state index in [1.54, 1.807) is 6.20 Å². The Kier molecular flexibility index (Phi) is 3.77. The molecule has 0 amide bonds. The smallest absolute Gasteiger partial charge is 0.136 e. The molecule has 2 nitrogen and oxygen atoms in total. The molecule has 2 aromatic heterocycles. The van der Waals surface area contributed by atoms with Crippen molar-refractivity contribution in [3.63, 3.8) is 0 Å². The van der Waals surface area contributed by atoms with Gasteiger partial charge in [0, 0.05) is 24.5 Å². The lowest BCUT2D eigenvalue weighted by atomic mass is 10.3. The largest absolute Gasteiger partial charge is 0.307 e. The SMILES string of the molecule is CC.ClCc1ccn2ccnc2c1. The summed E-state index contributed by atoms with van der Waals surface area (Å²) in [6.45, 7) is 4.00. The summed E-state index contributed by atoms with van der Waals surface area (Å²) < 4.78 is 1.95. The summed E-state index contributed by atoms with van der Waals surface area (Å²) >= 11 is 5.66. The van der Waals surface area contributed by atoms with Crippen molar-refractivity contribution in [2.45, 2.75) is 19.7 Å². The van der Waals surface area contributed by atoms with E-state index in [9.17, 15) is 0 Å². The summed E-state index contributed by atoms with van der Waals surface area (Å²) in [6.07, 6.45) is 5.64. The Hall–Kier alpha value is -1.02. The van der Waals surface area contributed by atoms with Crippen LogP contribution in [0.5, 0.6) is 0 Å². The van der Waals surface area contributed by atoms with Gasteiger partial charge in [-0.1, -0.05) is 13.8 Å². The highest BCUT2D eigenvalue weighted by atomic mass is 35.5. The van der Waals surface area contributed by atoms with E-state index in [1.165, 1.54) is 0 Å². The van der Waals surface area contributed by atoms with Gasteiger partial charge < -0.3 is 4.40 Å². The lowest BCUT2D eigenvalue weighted by molar-refractivity contribution is 1.16. The second-order valence-electron chi connectivity index (χ2n) is 2.36. The first kappa shape index (κ1) is 10.1. The first-order chi connectivity index (χ1) is 6.40. The lowest BCUT2D eigenvalue weighted by Gasteiger charge is -1.95. The Morgan fingerprint density at radius 1 is 1.38 bits per heavy atom. The molecular formula is C10H13ClN2. The Morgan fingerprint density at radius 2 is 2.15 bits per heavy atom. The minimum Gasteiger partial charge on any atom is -0.307 e. The van der Waals surface area contributed by atoms with E-state index in [0.717, 1.165) is 11.2 Å². The summed E-state index contributed by atoms with van der Waals surface area (Å²) in [7, 11) is 0. The monoisotopic (exact) mass is 196 g/mol. The van der Waals surface area contributed by atoms with Gasteiger partial charge >= 0.3 is 0 Å². The number of fused-ring (bicyclic) bond motifs is 1. The normalized spacial score (nSPS) is 9.46. The quantitative estimate of drug-likeness (QED) is 0.641. The van der Waals surface area contributed by atoms with Crippen molar-refractivity contribution in [3.05, 3.63) is 36.3 Å². The van der Waals surface area contributed by atoms with Gasteiger partial charge in [0.1, 0.15) is 5.65 Å². The molecule has 0 aliphatic carbocycles. The van der Waals surface area contributed by atoms with Crippen LogP contribution in [-0.2, 0) is 5.88 Å². The molecule has 0 spiro atoms. The van der Waals surface area contributed by atoms with Gasteiger partial charge in [0.15, 0.2) is 0 Å². The summed E-state index contributed by atoms with van der Waals surface area (Å²) in [5, 5.41) is 0. The van der Waals surface area contributed by atoms with Gasteiger partial charge in [0.05, 0.1) is 0 Å². The predicted octanol–water partition coefficient (Wildman–Crippen LogP) is 3.10. The first-order valence-electron chi connectivity index (χ1n) is 4.38. The van der Waals surface area contributed by atoms with Crippen LogP contribution in [0.15, 0.2) is 30.7 Å². The molecule has 0 bridgehead atoms. The van der Waals surface area contributed by atoms with Crippen LogP contribution in [0.3, 0.4) is 0 Å². The number of hydrogen-bond donors (Lipinski definition) is 0. The van der Waals surface area contributed by atoms with E-state index in [4.69, 9.17) is 11.6 Å². The van der Waals surface area contributed by atoms with Crippen LogP contribution in [0.1, 0.15) is 19.4 Å². The zero-order valence-electron chi connectivity index (χ0n) is 7.87. The predicted molar refractivity (Wildman–Crippen MR) is 56.1 cm³/mol. The molecule has 0 saturated heterocycles. The van der Waals surface area contributed by atoms with Crippen molar-refractivity contribution >= 4 is 17.2 Å².